The molecule has 0 saturated carbocycles. The molecule has 0 atom stereocenters. The molecule has 0 aliphatic heterocycles. The van der Waals surface area contributed by atoms with Crippen molar-refractivity contribution in [2.45, 2.75) is 25.7 Å². The maximum atomic E-state index is 10.9. The number of phenols is 4. The summed E-state index contributed by atoms with van der Waals surface area (Å²) >= 11 is 0. The molecule has 0 spiro atoms. The molecule has 0 heterocycles. The van der Waals surface area contributed by atoms with E-state index in [1.165, 1.54) is 0 Å². The van der Waals surface area contributed by atoms with E-state index in [9.17, 15) is 20.4 Å². The van der Waals surface area contributed by atoms with Gasteiger partial charge in [0.05, 0.1) is 0 Å². The minimum atomic E-state index is 0.144. The fourth-order valence-electron chi connectivity index (χ4n) is 5.37. The van der Waals surface area contributed by atoms with Crippen LogP contribution in [0.25, 0.3) is 33.4 Å². The number of phenolic OH excluding ortho intramolecular Hbond substituents is 4. The molecule has 32 heavy (non-hydrogen) atoms. The summed E-state index contributed by atoms with van der Waals surface area (Å²) in [6.45, 7) is 0. The Morgan fingerprint density at radius 2 is 1.16 bits per heavy atom. The summed E-state index contributed by atoms with van der Waals surface area (Å²) in [4.78, 5) is 0. The van der Waals surface area contributed by atoms with Gasteiger partial charge >= 0.3 is 0 Å². The molecule has 0 fully saturated rings. The number of fused-ring (bicyclic) bond motifs is 6. The summed E-state index contributed by atoms with van der Waals surface area (Å²) in [5.41, 5.74) is 9.42. The first-order valence-corrected chi connectivity index (χ1v) is 10.9. The molecule has 0 unspecified atom stereocenters. The highest BCUT2D eigenvalue weighted by molar-refractivity contribution is 5.87. The molecule has 4 N–H and O–H groups in total. The number of aryl methyl sites for hydroxylation is 1. The van der Waals surface area contributed by atoms with E-state index in [-0.39, 0.29) is 23.0 Å². The van der Waals surface area contributed by atoms with Crippen LogP contribution in [0.2, 0.25) is 0 Å². The van der Waals surface area contributed by atoms with Gasteiger partial charge < -0.3 is 20.4 Å². The predicted octanol–water partition coefficient (Wildman–Crippen LogP) is 5.71. The Bertz CT molecular complexity index is 1420. The van der Waals surface area contributed by atoms with E-state index >= 15 is 0 Å². The monoisotopic (exact) mass is 422 g/mol. The minimum Gasteiger partial charge on any atom is -0.508 e. The molecule has 0 bridgehead atoms. The molecule has 6 rings (SSSR count). The molecular weight excluding hydrogens is 400 g/mol. The zero-order valence-corrected chi connectivity index (χ0v) is 17.4. The Labute approximate surface area is 185 Å². The van der Waals surface area contributed by atoms with Crippen LogP contribution in [0.4, 0.5) is 0 Å². The Kier molecular flexibility index (Phi) is 3.99. The predicted molar refractivity (Wildman–Crippen MR) is 124 cm³/mol. The molecule has 4 aromatic carbocycles. The first-order chi connectivity index (χ1) is 15.5. The third-order valence-electron chi connectivity index (χ3n) is 6.87. The van der Waals surface area contributed by atoms with Gasteiger partial charge in [0.2, 0.25) is 0 Å². The van der Waals surface area contributed by atoms with Crippen LogP contribution in [-0.4, -0.2) is 20.4 Å². The van der Waals surface area contributed by atoms with Crippen LogP contribution in [0.15, 0.2) is 60.7 Å². The van der Waals surface area contributed by atoms with Gasteiger partial charge in [0.1, 0.15) is 23.0 Å². The third-order valence-corrected chi connectivity index (χ3v) is 6.87. The summed E-state index contributed by atoms with van der Waals surface area (Å²) in [5.74, 6) is 0.858. The lowest BCUT2D eigenvalue weighted by atomic mass is 9.79. The maximum Gasteiger partial charge on any atom is 0.120 e. The lowest BCUT2D eigenvalue weighted by Crippen LogP contribution is -2.07. The van der Waals surface area contributed by atoms with E-state index in [0.29, 0.717) is 12.8 Å². The second-order valence-electron chi connectivity index (χ2n) is 8.69. The highest BCUT2D eigenvalue weighted by atomic mass is 16.3. The van der Waals surface area contributed by atoms with Crippen LogP contribution in [0.5, 0.6) is 23.0 Å². The molecule has 4 aromatic rings. The number of rotatable bonds is 1. The zero-order chi connectivity index (χ0) is 22.0. The standard InChI is InChI=1S/C28H22O4/c29-17-6-4-15-5-7-20-24(13-18(30)14-26(20)23(15)12-17)16-10-25-19-2-1-3-27(31)21(19)8-9-22(25)28(32)11-16/h1-4,6,10-14,29-32H,5,7-9H2. The molecule has 0 aromatic heterocycles. The molecule has 4 nitrogen and oxygen atoms in total. The van der Waals surface area contributed by atoms with Gasteiger partial charge in [0.25, 0.3) is 0 Å². The van der Waals surface area contributed by atoms with Crippen LogP contribution in [-0.2, 0) is 25.7 Å². The van der Waals surface area contributed by atoms with Gasteiger partial charge in [-0.25, -0.2) is 0 Å². The Morgan fingerprint density at radius 1 is 0.469 bits per heavy atom. The van der Waals surface area contributed by atoms with Gasteiger partial charge in [0, 0.05) is 11.1 Å². The fraction of sp³-hybridized carbons (Fsp3) is 0.143. The van der Waals surface area contributed by atoms with Crippen LogP contribution in [0, 0.1) is 0 Å². The van der Waals surface area contributed by atoms with E-state index < -0.39 is 0 Å². The van der Waals surface area contributed by atoms with Gasteiger partial charge in [-0.1, -0.05) is 18.2 Å². The van der Waals surface area contributed by atoms with Crippen LogP contribution in [0.1, 0.15) is 22.3 Å². The average molecular weight is 422 g/mol. The van der Waals surface area contributed by atoms with E-state index in [1.54, 1.807) is 36.4 Å². The summed E-state index contributed by atoms with van der Waals surface area (Å²) < 4.78 is 0. The highest BCUT2D eigenvalue weighted by Gasteiger charge is 2.25. The van der Waals surface area contributed by atoms with Gasteiger partial charge in [-0.15, -0.1) is 0 Å². The second kappa shape index (κ2) is 6.79. The maximum absolute atomic E-state index is 10.9. The lowest BCUT2D eigenvalue weighted by molar-refractivity contribution is 0.461. The highest BCUT2D eigenvalue weighted by Crippen LogP contribution is 2.47. The Morgan fingerprint density at radius 3 is 2.00 bits per heavy atom. The van der Waals surface area contributed by atoms with Crippen molar-refractivity contribution in [1.29, 1.82) is 0 Å². The van der Waals surface area contributed by atoms with Crippen molar-refractivity contribution in [3.05, 3.63) is 82.9 Å². The molecule has 2 aliphatic rings. The normalized spacial score (nSPS) is 13.6. The van der Waals surface area contributed by atoms with Crippen LogP contribution >= 0.6 is 0 Å². The molecule has 2 aliphatic carbocycles. The molecule has 0 saturated heterocycles. The quantitative estimate of drug-likeness (QED) is 0.317. The Hall–Kier alpha value is -3.92. The summed E-state index contributed by atoms with van der Waals surface area (Å²) in [6.07, 6.45) is 2.99. The van der Waals surface area contributed by atoms with E-state index in [1.807, 2.05) is 18.2 Å². The van der Waals surface area contributed by atoms with Crippen molar-refractivity contribution >= 4 is 0 Å². The minimum absolute atomic E-state index is 0.144. The molecular formula is C28H22O4. The van der Waals surface area contributed by atoms with E-state index in [2.05, 4.69) is 6.07 Å². The number of hydrogen-bond donors (Lipinski definition) is 4. The van der Waals surface area contributed by atoms with Gasteiger partial charge in [-0.2, -0.15) is 0 Å². The largest absolute Gasteiger partial charge is 0.508 e. The van der Waals surface area contributed by atoms with E-state index in [0.717, 1.165) is 68.5 Å². The van der Waals surface area contributed by atoms with Crippen molar-refractivity contribution in [3.8, 4) is 56.4 Å². The molecule has 0 amide bonds. The average Bonchev–Trinajstić information content (AvgIpc) is 2.78. The van der Waals surface area contributed by atoms with Crippen LogP contribution in [0.3, 0.4) is 0 Å². The lowest BCUT2D eigenvalue weighted by Gasteiger charge is -2.25. The van der Waals surface area contributed by atoms with Gasteiger partial charge in [0.15, 0.2) is 0 Å². The third kappa shape index (κ3) is 2.76. The fourth-order valence-corrected chi connectivity index (χ4v) is 5.37. The van der Waals surface area contributed by atoms with E-state index in [4.69, 9.17) is 0 Å². The smallest absolute Gasteiger partial charge is 0.120 e. The topological polar surface area (TPSA) is 80.9 Å². The first kappa shape index (κ1) is 18.8. The van der Waals surface area contributed by atoms with Crippen molar-refractivity contribution in [2.24, 2.45) is 0 Å². The van der Waals surface area contributed by atoms with Crippen molar-refractivity contribution in [1.82, 2.24) is 0 Å². The van der Waals surface area contributed by atoms with Crippen LogP contribution < -0.4 is 0 Å². The van der Waals surface area contributed by atoms with Crippen molar-refractivity contribution < 1.29 is 20.4 Å². The summed E-state index contributed by atoms with van der Waals surface area (Å²) in [7, 11) is 0. The second-order valence-corrected chi connectivity index (χ2v) is 8.69. The van der Waals surface area contributed by atoms with Gasteiger partial charge in [-0.05, 0) is 113 Å². The molecule has 4 heteroatoms. The van der Waals surface area contributed by atoms with Crippen molar-refractivity contribution in [3.63, 3.8) is 0 Å². The molecule has 0 radical (unpaired) electrons. The summed E-state index contributed by atoms with van der Waals surface area (Å²) in [5, 5.41) is 41.8. The first-order valence-electron chi connectivity index (χ1n) is 10.9. The zero-order valence-electron chi connectivity index (χ0n) is 17.4. The SMILES string of the molecule is Oc1ccc2c(c1)-c1cc(O)cc(-c3cc(O)c4c(c3)-c3cccc(O)c3CC4)c1CC2. The number of aromatic hydroxyl groups is 4. The van der Waals surface area contributed by atoms with Gasteiger partial charge in [-0.3, -0.25) is 0 Å². The number of hydrogen-bond acceptors (Lipinski definition) is 4. The van der Waals surface area contributed by atoms with Crippen molar-refractivity contribution in [2.75, 3.05) is 0 Å². The Balaban J connectivity index is 1.59. The number of benzene rings is 4. The summed E-state index contributed by atoms with van der Waals surface area (Å²) in [6, 6.07) is 18.2. The molecule has 158 valence electrons.